The van der Waals surface area contributed by atoms with Gasteiger partial charge in [-0.15, -0.1) is 0 Å². The Labute approximate surface area is 191 Å². The number of aromatic nitrogens is 3. The van der Waals surface area contributed by atoms with Crippen molar-refractivity contribution in [3.05, 3.63) is 102 Å². The van der Waals surface area contributed by atoms with Crippen LogP contribution in [0.25, 0.3) is 5.69 Å². The van der Waals surface area contributed by atoms with Crippen molar-refractivity contribution in [3.63, 3.8) is 0 Å². The van der Waals surface area contributed by atoms with E-state index in [9.17, 15) is 4.79 Å². The summed E-state index contributed by atoms with van der Waals surface area (Å²) in [6.07, 6.45) is 5.52. The van der Waals surface area contributed by atoms with Gasteiger partial charge in [-0.3, -0.25) is 4.79 Å². The van der Waals surface area contributed by atoms with E-state index < -0.39 is 5.82 Å². The Balaban J connectivity index is 1.40. The van der Waals surface area contributed by atoms with E-state index in [1.165, 1.54) is 6.33 Å². The Morgan fingerprint density at radius 3 is 2.30 bits per heavy atom. The van der Waals surface area contributed by atoms with Crippen molar-refractivity contribution in [2.75, 3.05) is 17.3 Å². The molecule has 0 saturated carbocycles. The minimum atomic E-state index is -0.505. The van der Waals surface area contributed by atoms with Crippen LogP contribution in [0.1, 0.15) is 16.7 Å². The number of nitrogens with two attached hydrogens (primary N) is 1. The maximum absolute atomic E-state index is 15.1. The van der Waals surface area contributed by atoms with Crippen LogP contribution in [0.2, 0.25) is 0 Å². The second-order valence-corrected chi connectivity index (χ2v) is 7.79. The minimum absolute atomic E-state index is 0.135. The molecule has 8 heteroatoms. The first-order chi connectivity index (χ1) is 16.0. The highest BCUT2D eigenvalue weighted by molar-refractivity contribution is 5.76. The molecule has 0 fully saturated rings. The molecule has 0 aliphatic heterocycles. The summed E-state index contributed by atoms with van der Waals surface area (Å²) >= 11 is 0. The Hall–Kier alpha value is -4.20. The van der Waals surface area contributed by atoms with Gasteiger partial charge in [-0.25, -0.2) is 9.97 Å². The minimum Gasteiger partial charge on any atom is -0.369 e. The lowest BCUT2D eigenvalue weighted by molar-refractivity contribution is -0.117. The molecule has 1 amide bonds. The Bertz CT molecular complexity index is 1210. The summed E-state index contributed by atoms with van der Waals surface area (Å²) in [4.78, 5) is 21.0. The summed E-state index contributed by atoms with van der Waals surface area (Å²) in [5.41, 5.74) is 9.09. The highest BCUT2D eigenvalue weighted by Crippen LogP contribution is 2.23. The quantitative estimate of drug-likeness (QED) is 0.411. The van der Waals surface area contributed by atoms with Crippen LogP contribution in [-0.2, 0) is 24.3 Å². The second kappa shape index (κ2) is 9.95. The smallest absolute Gasteiger partial charge is 0.221 e. The van der Waals surface area contributed by atoms with Crippen molar-refractivity contribution < 1.29 is 9.18 Å². The number of carbonyl (C=O) groups is 1. The zero-order chi connectivity index (χ0) is 23.2. The number of nitrogens with one attached hydrogen (secondary N) is 1. The standard InChI is InChI=1S/C25H25FN6O/c1-31(16-20-8-10-21(11-9-20)32-12-2-3-13-32)25-23(26)24(29-17-30-25)28-15-19-6-4-18(5-7-19)14-22(27)33/h2-13,17H,14-16H2,1H3,(H2,27,33)(H,28,29,30). The Morgan fingerprint density at radius 1 is 1.00 bits per heavy atom. The lowest BCUT2D eigenvalue weighted by Crippen LogP contribution is -2.20. The van der Waals surface area contributed by atoms with E-state index in [0.717, 1.165) is 22.4 Å². The topological polar surface area (TPSA) is 89.1 Å². The zero-order valence-corrected chi connectivity index (χ0v) is 18.3. The van der Waals surface area contributed by atoms with Gasteiger partial charge in [-0.05, 0) is 41.0 Å². The van der Waals surface area contributed by atoms with E-state index in [0.29, 0.717) is 13.1 Å². The van der Waals surface area contributed by atoms with Crippen LogP contribution in [0.5, 0.6) is 0 Å². The summed E-state index contributed by atoms with van der Waals surface area (Å²) in [5, 5.41) is 3.02. The number of halogens is 1. The van der Waals surface area contributed by atoms with Gasteiger partial charge in [0.25, 0.3) is 0 Å². The lowest BCUT2D eigenvalue weighted by Gasteiger charge is -2.20. The first-order valence-corrected chi connectivity index (χ1v) is 10.5. The SMILES string of the molecule is CN(Cc1ccc(-n2cccc2)cc1)c1ncnc(NCc2ccc(CC(N)=O)cc2)c1F. The van der Waals surface area contributed by atoms with Crippen molar-refractivity contribution >= 4 is 17.5 Å². The molecule has 3 N–H and O–H groups in total. The van der Waals surface area contributed by atoms with E-state index >= 15 is 4.39 Å². The molecule has 0 aliphatic carbocycles. The highest BCUT2D eigenvalue weighted by atomic mass is 19.1. The van der Waals surface area contributed by atoms with Crippen LogP contribution in [0, 0.1) is 5.82 Å². The van der Waals surface area contributed by atoms with Gasteiger partial charge in [0.15, 0.2) is 11.6 Å². The van der Waals surface area contributed by atoms with E-state index in [1.807, 2.05) is 77.6 Å². The average Bonchev–Trinajstić information content (AvgIpc) is 3.34. The van der Waals surface area contributed by atoms with Gasteiger partial charge in [0.1, 0.15) is 6.33 Å². The molecule has 0 spiro atoms. The van der Waals surface area contributed by atoms with Gasteiger partial charge in [-0.2, -0.15) is 4.39 Å². The zero-order valence-electron chi connectivity index (χ0n) is 18.3. The fourth-order valence-electron chi connectivity index (χ4n) is 3.54. The van der Waals surface area contributed by atoms with Crippen molar-refractivity contribution in [2.24, 2.45) is 5.73 Å². The summed E-state index contributed by atoms with van der Waals surface area (Å²) in [7, 11) is 1.80. The summed E-state index contributed by atoms with van der Waals surface area (Å²) in [6, 6.07) is 19.5. The fraction of sp³-hybridized carbons (Fsp3) is 0.160. The van der Waals surface area contributed by atoms with Crippen LogP contribution < -0.4 is 16.0 Å². The van der Waals surface area contributed by atoms with E-state index in [1.54, 1.807) is 11.9 Å². The molecule has 0 unspecified atom stereocenters. The fourth-order valence-corrected chi connectivity index (χ4v) is 3.54. The van der Waals surface area contributed by atoms with Gasteiger partial charge in [0.05, 0.1) is 6.42 Å². The number of hydrogen-bond acceptors (Lipinski definition) is 5. The van der Waals surface area contributed by atoms with E-state index in [-0.39, 0.29) is 24.0 Å². The number of carbonyl (C=O) groups excluding carboxylic acids is 1. The molecule has 7 nitrogen and oxygen atoms in total. The molecule has 168 valence electrons. The molecular formula is C25H25FN6O. The number of benzene rings is 2. The van der Waals surface area contributed by atoms with Gasteiger partial charge in [-0.1, -0.05) is 36.4 Å². The maximum Gasteiger partial charge on any atom is 0.221 e. The molecule has 2 heterocycles. The molecule has 0 radical (unpaired) electrons. The van der Waals surface area contributed by atoms with Crippen LogP contribution >= 0.6 is 0 Å². The van der Waals surface area contributed by atoms with Crippen LogP contribution in [0.4, 0.5) is 16.0 Å². The number of rotatable bonds is 9. The molecule has 0 aliphatic rings. The first kappa shape index (κ1) is 22.0. The number of nitrogens with zero attached hydrogens (tertiary/aromatic N) is 4. The third-order valence-corrected chi connectivity index (χ3v) is 5.25. The molecule has 4 aromatic rings. The van der Waals surface area contributed by atoms with E-state index in [2.05, 4.69) is 15.3 Å². The molecule has 0 saturated heterocycles. The largest absolute Gasteiger partial charge is 0.369 e. The average molecular weight is 445 g/mol. The van der Waals surface area contributed by atoms with Crippen LogP contribution in [0.3, 0.4) is 0 Å². The Kier molecular flexibility index (Phi) is 6.64. The van der Waals surface area contributed by atoms with Crippen LogP contribution in [0.15, 0.2) is 79.4 Å². The predicted molar refractivity (Wildman–Crippen MR) is 127 cm³/mol. The highest BCUT2D eigenvalue weighted by Gasteiger charge is 2.15. The predicted octanol–water partition coefficient (Wildman–Crippen LogP) is 3.68. The van der Waals surface area contributed by atoms with Gasteiger partial charge >= 0.3 is 0 Å². The van der Waals surface area contributed by atoms with Crippen molar-refractivity contribution in [3.8, 4) is 5.69 Å². The van der Waals surface area contributed by atoms with Crippen molar-refractivity contribution in [1.29, 1.82) is 0 Å². The maximum atomic E-state index is 15.1. The van der Waals surface area contributed by atoms with Crippen molar-refractivity contribution in [2.45, 2.75) is 19.5 Å². The van der Waals surface area contributed by atoms with E-state index in [4.69, 9.17) is 5.73 Å². The third kappa shape index (κ3) is 5.54. The molecule has 2 aromatic heterocycles. The molecule has 0 bridgehead atoms. The number of primary amides is 1. The van der Waals surface area contributed by atoms with Gasteiger partial charge < -0.3 is 20.5 Å². The number of amides is 1. The first-order valence-electron chi connectivity index (χ1n) is 10.5. The molecule has 2 aromatic carbocycles. The number of anilines is 2. The van der Waals surface area contributed by atoms with Gasteiger partial charge in [0.2, 0.25) is 11.7 Å². The molecule has 0 atom stereocenters. The summed E-state index contributed by atoms with van der Waals surface area (Å²) in [5.74, 6) is -0.526. The van der Waals surface area contributed by atoms with Crippen molar-refractivity contribution in [1.82, 2.24) is 14.5 Å². The molecule has 33 heavy (non-hydrogen) atoms. The second-order valence-electron chi connectivity index (χ2n) is 7.79. The third-order valence-electron chi connectivity index (χ3n) is 5.25. The summed E-state index contributed by atoms with van der Waals surface area (Å²) in [6.45, 7) is 0.884. The summed E-state index contributed by atoms with van der Waals surface area (Å²) < 4.78 is 17.1. The molecular weight excluding hydrogens is 419 g/mol. The molecule has 4 rings (SSSR count). The normalized spacial score (nSPS) is 10.7. The van der Waals surface area contributed by atoms with Crippen LogP contribution in [-0.4, -0.2) is 27.5 Å². The lowest BCUT2D eigenvalue weighted by atomic mass is 10.1. The monoisotopic (exact) mass is 444 g/mol. The van der Waals surface area contributed by atoms with Gasteiger partial charge in [0, 0.05) is 38.2 Å². The number of hydrogen-bond donors (Lipinski definition) is 2. The Morgan fingerprint density at radius 2 is 1.64 bits per heavy atom.